The van der Waals surface area contributed by atoms with Gasteiger partial charge in [0.05, 0.1) is 5.69 Å². The predicted molar refractivity (Wildman–Crippen MR) is 129 cm³/mol. The fourth-order valence-corrected chi connectivity index (χ4v) is 3.94. The molecular weight excluding hydrogens is 449 g/mol. The van der Waals surface area contributed by atoms with Crippen LogP contribution in [0.3, 0.4) is 0 Å². The van der Waals surface area contributed by atoms with Crippen LogP contribution in [0.1, 0.15) is 22.0 Å². The number of benzene rings is 3. The highest BCUT2D eigenvalue weighted by Gasteiger charge is 2.27. The van der Waals surface area contributed by atoms with Gasteiger partial charge in [-0.25, -0.2) is 9.18 Å². The van der Waals surface area contributed by atoms with Crippen LogP contribution in [0.15, 0.2) is 84.9 Å². The van der Waals surface area contributed by atoms with E-state index in [1.54, 1.807) is 83.8 Å². The molecule has 1 aliphatic heterocycles. The van der Waals surface area contributed by atoms with Crippen molar-refractivity contribution in [3.8, 4) is 0 Å². The van der Waals surface area contributed by atoms with Gasteiger partial charge in [-0.1, -0.05) is 60.7 Å². The lowest BCUT2D eigenvalue weighted by atomic mass is 10.1. The Morgan fingerprint density at radius 1 is 0.829 bits per heavy atom. The summed E-state index contributed by atoms with van der Waals surface area (Å²) in [5.74, 6) is -1.79. The van der Waals surface area contributed by atoms with Crippen molar-refractivity contribution < 1.29 is 23.5 Å². The number of carbonyl (C=O) groups excluding carboxylic acids is 3. The molecule has 1 saturated heterocycles. The van der Waals surface area contributed by atoms with Crippen molar-refractivity contribution >= 4 is 23.5 Å². The molecule has 1 heterocycles. The van der Waals surface area contributed by atoms with Gasteiger partial charge >= 0.3 is 5.97 Å². The fourth-order valence-electron chi connectivity index (χ4n) is 3.94. The summed E-state index contributed by atoms with van der Waals surface area (Å²) in [5, 5.41) is 2.70. The minimum atomic E-state index is -1.06. The standard InChI is InChI=1S/C27H26FN3O4/c28-22-13-7-8-14-23(22)30-15-17-31(18-16-30)24(32)19-35-27(34)25(20-9-3-1-4-10-20)29-26(33)21-11-5-2-6-12-21/h1-14,25H,15-19H2,(H,29,33). The highest BCUT2D eigenvalue weighted by molar-refractivity contribution is 5.97. The maximum Gasteiger partial charge on any atom is 0.333 e. The van der Waals surface area contributed by atoms with Crippen LogP contribution in [-0.2, 0) is 14.3 Å². The van der Waals surface area contributed by atoms with Crippen molar-refractivity contribution in [2.24, 2.45) is 0 Å². The summed E-state index contributed by atoms with van der Waals surface area (Å²) in [7, 11) is 0. The Morgan fingerprint density at radius 3 is 2.09 bits per heavy atom. The van der Waals surface area contributed by atoms with E-state index in [0.29, 0.717) is 43.0 Å². The Labute approximate surface area is 203 Å². The van der Waals surface area contributed by atoms with Gasteiger partial charge in [-0.15, -0.1) is 0 Å². The Bertz CT molecular complexity index is 1170. The van der Waals surface area contributed by atoms with Gasteiger partial charge in [0, 0.05) is 31.7 Å². The summed E-state index contributed by atoms with van der Waals surface area (Å²) < 4.78 is 19.4. The van der Waals surface area contributed by atoms with E-state index in [4.69, 9.17) is 4.74 Å². The Hall–Kier alpha value is -4.20. The number of amides is 2. The van der Waals surface area contributed by atoms with Crippen LogP contribution in [0.2, 0.25) is 0 Å². The Balaban J connectivity index is 1.34. The molecule has 1 aliphatic rings. The molecule has 3 aromatic rings. The van der Waals surface area contributed by atoms with Crippen molar-refractivity contribution in [2.75, 3.05) is 37.7 Å². The molecule has 35 heavy (non-hydrogen) atoms. The second-order valence-electron chi connectivity index (χ2n) is 8.11. The number of piperazine rings is 1. The van der Waals surface area contributed by atoms with Crippen LogP contribution in [0.25, 0.3) is 0 Å². The average Bonchev–Trinajstić information content (AvgIpc) is 2.91. The van der Waals surface area contributed by atoms with E-state index in [0.717, 1.165) is 0 Å². The molecule has 3 aromatic carbocycles. The first-order valence-corrected chi connectivity index (χ1v) is 11.4. The van der Waals surface area contributed by atoms with Crippen molar-refractivity contribution in [3.05, 3.63) is 102 Å². The van der Waals surface area contributed by atoms with Gasteiger partial charge in [-0.05, 0) is 29.8 Å². The van der Waals surface area contributed by atoms with E-state index in [1.807, 2.05) is 4.90 Å². The van der Waals surface area contributed by atoms with E-state index in [9.17, 15) is 18.8 Å². The van der Waals surface area contributed by atoms with E-state index < -0.39 is 24.5 Å². The van der Waals surface area contributed by atoms with Gasteiger partial charge in [-0.2, -0.15) is 0 Å². The van der Waals surface area contributed by atoms with Crippen LogP contribution in [0, 0.1) is 5.82 Å². The number of nitrogens with zero attached hydrogens (tertiary/aromatic N) is 2. The van der Waals surface area contributed by atoms with E-state index in [2.05, 4.69) is 5.32 Å². The molecule has 4 rings (SSSR count). The lowest BCUT2D eigenvalue weighted by Gasteiger charge is -2.36. The summed E-state index contributed by atoms with van der Waals surface area (Å²) in [4.78, 5) is 41.7. The maximum atomic E-state index is 14.0. The monoisotopic (exact) mass is 475 g/mol. The molecule has 180 valence electrons. The van der Waals surface area contributed by atoms with Crippen molar-refractivity contribution in [3.63, 3.8) is 0 Å². The normalized spacial score (nSPS) is 14.2. The molecule has 1 unspecified atom stereocenters. The molecule has 2 amide bonds. The van der Waals surface area contributed by atoms with Crippen LogP contribution in [0.5, 0.6) is 0 Å². The lowest BCUT2D eigenvalue weighted by molar-refractivity contribution is -0.153. The molecule has 0 aliphatic carbocycles. The second-order valence-corrected chi connectivity index (χ2v) is 8.11. The molecule has 0 radical (unpaired) electrons. The summed E-state index contributed by atoms with van der Waals surface area (Å²) >= 11 is 0. The fraction of sp³-hybridized carbons (Fsp3) is 0.222. The number of para-hydroxylation sites is 1. The first kappa shape index (κ1) is 23.9. The molecule has 0 saturated carbocycles. The highest BCUT2D eigenvalue weighted by Crippen LogP contribution is 2.20. The maximum absolute atomic E-state index is 14.0. The molecule has 1 fully saturated rings. The molecule has 7 nitrogen and oxygen atoms in total. The topological polar surface area (TPSA) is 78.9 Å². The van der Waals surface area contributed by atoms with Gasteiger partial charge < -0.3 is 19.9 Å². The number of anilines is 1. The molecule has 0 aromatic heterocycles. The average molecular weight is 476 g/mol. The third kappa shape index (κ3) is 6.03. The largest absolute Gasteiger partial charge is 0.454 e. The van der Waals surface area contributed by atoms with Crippen LogP contribution in [0.4, 0.5) is 10.1 Å². The number of hydrogen-bond donors (Lipinski definition) is 1. The van der Waals surface area contributed by atoms with Gasteiger partial charge in [-0.3, -0.25) is 9.59 Å². The first-order valence-electron chi connectivity index (χ1n) is 11.4. The minimum absolute atomic E-state index is 0.300. The smallest absolute Gasteiger partial charge is 0.333 e. The number of ether oxygens (including phenoxy) is 1. The SMILES string of the molecule is O=C(NC(C(=O)OCC(=O)N1CCN(c2ccccc2F)CC1)c1ccccc1)c1ccccc1. The van der Waals surface area contributed by atoms with Gasteiger partial charge in [0.25, 0.3) is 11.8 Å². The van der Waals surface area contributed by atoms with E-state index in [-0.39, 0.29) is 11.7 Å². The quantitative estimate of drug-likeness (QED) is 0.531. The minimum Gasteiger partial charge on any atom is -0.454 e. The van der Waals surface area contributed by atoms with Crippen LogP contribution < -0.4 is 10.2 Å². The van der Waals surface area contributed by atoms with Crippen molar-refractivity contribution in [2.45, 2.75) is 6.04 Å². The highest BCUT2D eigenvalue weighted by atomic mass is 19.1. The second kappa shape index (κ2) is 11.3. The number of carbonyl (C=O) groups is 3. The van der Waals surface area contributed by atoms with E-state index in [1.165, 1.54) is 6.07 Å². The van der Waals surface area contributed by atoms with Gasteiger partial charge in [0.15, 0.2) is 12.6 Å². The summed E-state index contributed by atoms with van der Waals surface area (Å²) in [6, 6.07) is 22.7. The van der Waals surface area contributed by atoms with Gasteiger partial charge in [0.1, 0.15) is 5.82 Å². The molecule has 0 spiro atoms. The zero-order chi connectivity index (χ0) is 24.6. The third-order valence-corrected chi connectivity index (χ3v) is 5.84. The van der Waals surface area contributed by atoms with Crippen LogP contribution in [-0.4, -0.2) is 55.5 Å². The predicted octanol–water partition coefficient (Wildman–Crippen LogP) is 3.19. The zero-order valence-corrected chi connectivity index (χ0v) is 19.1. The lowest BCUT2D eigenvalue weighted by Crippen LogP contribution is -2.50. The van der Waals surface area contributed by atoms with Crippen molar-refractivity contribution in [1.29, 1.82) is 0 Å². The molecular formula is C27H26FN3O4. The Morgan fingerprint density at radius 2 is 1.43 bits per heavy atom. The molecule has 1 N–H and O–H groups in total. The summed E-state index contributed by atoms with van der Waals surface area (Å²) in [6.45, 7) is 1.28. The summed E-state index contributed by atoms with van der Waals surface area (Å²) in [5.41, 5.74) is 1.46. The third-order valence-electron chi connectivity index (χ3n) is 5.84. The molecule has 0 bridgehead atoms. The number of halogens is 1. The van der Waals surface area contributed by atoms with Crippen LogP contribution >= 0.6 is 0 Å². The molecule has 8 heteroatoms. The number of nitrogens with one attached hydrogen (secondary N) is 1. The number of hydrogen-bond acceptors (Lipinski definition) is 5. The first-order chi connectivity index (χ1) is 17.0. The molecule has 1 atom stereocenters. The zero-order valence-electron chi connectivity index (χ0n) is 19.1. The van der Waals surface area contributed by atoms with Gasteiger partial charge in [0.2, 0.25) is 0 Å². The van der Waals surface area contributed by atoms with E-state index >= 15 is 0 Å². The summed E-state index contributed by atoms with van der Waals surface area (Å²) in [6.07, 6.45) is 0. The number of esters is 1. The Kier molecular flexibility index (Phi) is 7.72. The number of rotatable bonds is 7. The van der Waals surface area contributed by atoms with Crippen molar-refractivity contribution in [1.82, 2.24) is 10.2 Å².